The van der Waals surface area contributed by atoms with Gasteiger partial charge in [0.25, 0.3) is 0 Å². The smallest absolute Gasteiger partial charge is 0.303 e. The molecule has 1 rings (SSSR count). The molecule has 1 amide bonds. The Morgan fingerprint density at radius 2 is 1.78 bits per heavy atom. The topological polar surface area (TPSA) is 160 Å². The third-order valence-corrected chi connectivity index (χ3v) is 2.96. The molecule has 23 heavy (non-hydrogen) atoms. The van der Waals surface area contributed by atoms with Crippen LogP contribution in [0.5, 0.6) is 0 Å². The molecule has 2 N–H and O–H groups in total. The summed E-state index contributed by atoms with van der Waals surface area (Å²) in [5.74, 6) is -1.91. The van der Waals surface area contributed by atoms with Gasteiger partial charge in [-0.15, -0.1) is 0 Å². The van der Waals surface area contributed by atoms with Crippen molar-refractivity contribution < 1.29 is 33.7 Å². The summed E-state index contributed by atoms with van der Waals surface area (Å²) in [5, 5.41) is 15.7. The first-order valence-electron chi connectivity index (χ1n) is 6.72. The third-order valence-electron chi connectivity index (χ3n) is 2.96. The number of rotatable bonds is 5. The number of azide groups is 1. The molecule has 0 unspecified atom stereocenters. The standard InChI is InChI=1S/C12H18N4O7/c1-5(17)15-9-11(22-7(3)19)10(21-6(2)18)8(4-14-16-13)23-12(9)20/h8-12,20H,4H2,1-3H3,(H,15,17)/t8-,9+,10-,11-,12+/m1/s1. The van der Waals surface area contributed by atoms with Crippen molar-refractivity contribution in [2.45, 2.75) is 51.4 Å². The van der Waals surface area contributed by atoms with Gasteiger partial charge in [-0.2, -0.15) is 0 Å². The summed E-state index contributed by atoms with van der Waals surface area (Å²) < 4.78 is 15.4. The quantitative estimate of drug-likeness (QED) is 0.294. The van der Waals surface area contributed by atoms with Crippen LogP contribution < -0.4 is 5.32 Å². The molecule has 0 aromatic rings. The van der Waals surface area contributed by atoms with Crippen molar-refractivity contribution >= 4 is 17.8 Å². The molecule has 11 nitrogen and oxygen atoms in total. The maximum absolute atomic E-state index is 11.3. The Bertz CT molecular complexity index is 520. The average molecular weight is 330 g/mol. The molecule has 0 aromatic carbocycles. The van der Waals surface area contributed by atoms with E-state index in [4.69, 9.17) is 19.7 Å². The Kier molecular flexibility index (Phi) is 6.76. The Morgan fingerprint density at radius 1 is 1.22 bits per heavy atom. The van der Waals surface area contributed by atoms with Gasteiger partial charge >= 0.3 is 11.9 Å². The molecule has 0 radical (unpaired) electrons. The second kappa shape index (κ2) is 8.32. The van der Waals surface area contributed by atoms with Crippen LogP contribution in [0.25, 0.3) is 10.4 Å². The molecule has 0 bridgehead atoms. The summed E-state index contributed by atoms with van der Waals surface area (Å²) in [6.07, 6.45) is -4.96. The zero-order valence-electron chi connectivity index (χ0n) is 12.8. The molecule has 0 saturated carbocycles. The van der Waals surface area contributed by atoms with Gasteiger partial charge in [-0.05, 0) is 5.53 Å². The predicted molar refractivity (Wildman–Crippen MR) is 73.6 cm³/mol. The van der Waals surface area contributed by atoms with Gasteiger partial charge in [0.1, 0.15) is 12.1 Å². The summed E-state index contributed by atoms with van der Waals surface area (Å²) in [7, 11) is 0. The number of aliphatic hydroxyl groups is 1. The van der Waals surface area contributed by atoms with Crippen LogP contribution in [0.4, 0.5) is 0 Å². The van der Waals surface area contributed by atoms with Crippen LogP contribution in [0.15, 0.2) is 5.11 Å². The molecule has 0 spiro atoms. The lowest BCUT2D eigenvalue weighted by atomic mass is 9.96. The van der Waals surface area contributed by atoms with Crippen LogP contribution >= 0.6 is 0 Å². The third kappa shape index (κ3) is 5.40. The minimum absolute atomic E-state index is 0.268. The molecular formula is C12H18N4O7. The molecule has 1 aliphatic rings. The first-order chi connectivity index (χ1) is 10.8. The van der Waals surface area contributed by atoms with Gasteiger partial charge in [0.05, 0.1) is 6.54 Å². The average Bonchev–Trinajstić information content (AvgIpc) is 2.42. The van der Waals surface area contributed by atoms with Crippen LogP contribution in [0, 0.1) is 0 Å². The van der Waals surface area contributed by atoms with E-state index in [1.807, 2.05) is 0 Å². The predicted octanol–water partition coefficient (Wildman–Crippen LogP) is -0.618. The van der Waals surface area contributed by atoms with E-state index in [0.717, 1.165) is 13.8 Å². The molecule has 1 aliphatic heterocycles. The number of carbonyl (C=O) groups excluding carboxylic acids is 3. The van der Waals surface area contributed by atoms with Gasteiger partial charge in [0, 0.05) is 25.7 Å². The molecule has 0 aromatic heterocycles. The van der Waals surface area contributed by atoms with E-state index in [1.165, 1.54) is 6.92 Å². The first kappa shape index (κ1) is 18.7. The Morgan fingerprint density at radius 3 is 2.26 bits per heavy atom. The number of esters is 2. The number of carbonyl (C=O) groups is 3. The number of aliphatic hydroxyl groups excluding tert-OH is 1. The van der Waals surface area contributed by atoms with Crippen LogP contribution in [0.3, 0.4) is 0 Å². The largest absolute Gasteiger partial charge is 0.456 e. The fraction of sp³-hybridized carbons (Fsp3) is 0.750. The van der Waals surface area contributed by atoms with Crippen molar-refractivity contribution in [3.8, 4) is 0 Å². The van der Waals surface area contributed by atoms with Gasteiger partial charge < -0.3 is 24.6 Å². The van der Waals surface area contributed by atoms with Gasteiger partial charge in [0.2, 0.25) is 5.91 Å². The van der Waals surface area contributed by atoms with E-state index < -0.39 is 48.5 Å². The lowest BCUT2D eigenvalue weighted by molar-refractivity contribution is -0.255. The number of amides is 1. The maximum Gasteiger partial charge on any atom is 0.303 e. The molecule has 1 saturated heterocycles. The van der Waals surface area contributed by atoms with Crippen molar-refractivity contribution in [1.82, 2.24) is 5.32 Å². The molecule has 1 fully saturated rings. The SMILES string of the molecule is CC(=O)N[C@H]1[C@@H](OC(C)=O)[C@H](OC(C)=O)[C@@H](CN=[N+]=[N-])O[C@@H]1O. The second-order valence-electron chi connectivity index (χ2n) is 4.85. The number of hydrogen-bond acceptors (Lipinski definition) is 8. The summed E-state index contributed by atoms with van der Waals surface area (Å²) in [4.78, 5) is 36.5. The lowest BCUT2D eigenvalue weighted by Crippen LogP contribution is -2.65. The van der Waals surface area contributed by atoms with Gasteiger partial charge in [-0.3, -0.25) is 14.4 Å². The zero-order chi connectivity index (χ0) is 17.6. The van der Waals surface area contributed by atoms with Gasteiger partial charge in [0.15, 0.2) is 18.5 Å². The highest BCUT2D eigenvalue weighted by molar-refractivity contribution is 5.73. The molecule has 0 aliphatic carbocycles. The number of hydrogen-bond donors (Lipinski definition) is 2. The fourth-order valence-corrected chi connectivity index (χ4v) is 2.24. The molecule has 11 heteroatoms. The minimum atomic E-state index is -1.55. The second-order valence-corrected chi connectivity index (χ2v) is 4.85. The van der Waals surface area contributed by atoms with E-state index in [0.29, 0.717) is 0 Å². The minimum Gasteiger partial charge on any atom is -0.456 e. The molecule has 1 heterocycles. The van der Waals surface area contributed by atoms with Crippen molar-refractivity contribution in [3.63, 3.8) is 0 Å². The first-order valence-corrected chi connectivity index (χ1v) is 6.72. The summed E-state index contributed by atoms with van der Waals surface area (Å²) in [6.45, 7) is 3.19. The maximum atomic E-state index is 11.3. The normalized spacial score (nSPS) is 29.8. The van der Waals surface area contributed by atoms with E-state index in [-0.39, 0.29) is 6.54 Å². The van der Waals surface area contributed by atoms with E-state index in [9.17, 15) is 19.5 Å². The summed E-state index contributed by atoms with van der Waals surface area (Å²) in [5.41, 5.74) is 8.40. The van der Waals surface area contributed by atoms with Crippen molar-refractivity contribution in [1.29, 1.82) is 0 Å². The van der Waals surface area contributed by atoms with Gasteiger partial charge in [-0.25, -0.2) is 0 Å². The monoisotopic (exact) mass is 330 g/mol. The Labute approximate surface area is 131 Å². The van der Waals surface area contributed by atoms with E-state index in [1.54, 1.807) is 0 Å². The van der Waals surface area contributed by atoms with Crippen LogP contribution in [0.1, 0.15) is 20.8 Å². The number of nitrogens with zero attached hydrogens (tertiary/aromatic N) is 3. The van der Waals surface area contributed by atoms with Gasteiger partial charge in [-0.1, -0.05) is 5.11 Å². The van der Waals surface area contributed by atoms with E-state index >= 15 is 0 Å². The van der Waals surface area contributed by atoms with Crippen molar-refractivity contribution in [3.05, 3.63) is 10.4 Å². The number of ether oxygens (including phenoxy) is 3. The lowest BCUT2D eigenvalue weighted by Gasteiger charge is -2.43. The van der Waals surface area contributed by atoms with E-state index in [2.05, 4.69) is 15.3 Å². The fourth-order valence-electron chi connectivity index (χ4n) is 2.24. The molecule has 5 atom stereocenters. The Hall–Kier alpha value is -2.36. The summed E-state index contributed by atoms with van der Waals surface area (Å²) in [6, 6.07) is -1.15. The van der Waals surface area contributed by atoms with Crippen LogP contribution in [-0.4, -0.2) is 60.1 Å². The van der Waals surface area contributed by atoms with Crippen molar-refractivity contribution in [2.75, 3.05) is 6.54 Å². The highest BCUT2D eigenvalue weighted by atomic mass is 16.7. The zero-order valence-corrected chi connectivity index (χ0v) is 12.8. The van der Waals surface area contributed by atoms with Crippen LogP contribution in [-0.2, 0) is 28.6 Å². The molecular weight excluding hydrogens is 312 g/mol. The summed E-state index contributed by atoms with van der Waals surface area (Å²) >= 11 is 0. The number of nitrogens with one attached hydrogen (secondary N) is 1. The van der Waals surface area contributed by atoms with Crippen molar-refractivity contribution in [2.24, 2.45) is 5.11 Å². The highest BCUT2D eigenvalue weighted by Gasteiger charge is 2.49. The molecule has 128 valence electrons. The highest BCUT2D eigenvalue weighted by Crippen LogP contribution is 2.26. The Balaban J connectivity index is 3.15. The van der Waals surface area contributed by atoms with Crippen LogP contribution in [0.2, 0.25) is 0 Å².